The van der Waals surface area contributed by atoms with Crippen LogP contribution >= 0.6 is 0 Å². The predicted octanol–water partition coefficient (Wildman–Crippen LogP) is 3.80. The first-order valence-electron chi connectivity index (χ1n) is 8.04. The molecule has 4 heteroatoms. The van der Waals surface area contributed by atoms with E-state index in [9.17, 15) is 8.78 Å². The molecule has 1 aromatic rings. The minimum absolute atomic E-state index is 0.00579. The van der Waals surface area contributed by atoms with Crippen LogP contribution in [0.2, 0.25) is 0 Å². The summed E-state index contributed by atoms with van der Waals surface area (Å²) >= 11 is 0. The fourth-order valence-electron chi connectivity index (χ4n) is 3.03. The monoisotopic (exact) mass is 296 g/mol. The Kier molecular flexibility index (Phi) is 6.12. The molecule has 1 aliphatic heterocycles. The van der Waals surface area contributed by atoms with E-state index in [4.69, 9.17) is 0 Å². The first kappa shape index (κ1) is 16.4. The molecule has 21 heavy (non-hydrogen) atoms. The molecule has 1 aromatic carbocycles. The van der Waals surface area contributed by atoms with Gasteiger partial charge in [-0.15, -0.1) is 0 Å². The zero-order chi connectivity index (χ0) is 15.2. The second-order valence-electron chi connectivity index (χ2n) is 5.90. The minimum Gasteiger partial charge on any atom is -0.314 e. The summed E-state index contributed by atoms with van der Waals surface area (Å²) in [5.41, 5.74) is 0.903. The lowest BCUT2D eigenvalue weighted by Crippen LogP contribution is -2.45. The van der Waals surface area contributed by atoms with Crippen molar-refractivity contribution in [2.45, 2.75) is 45.6 Å². The number of nitrogens with zero attached hydrogens (tertiary/aromatic N) is 1. The van der Waals surface area contributed by atoms with Crippen molar-refractivity contribution < 1.29 is 8.78 Å². The van der Waals surface area contributed by atoms with E-state index in [-0.39, 0.29) is 6.04 Å². The molecular formula is C17H26F2N2. The van der Waals surface area contributed by atoms with Crippen LogP contribution in [0.25, 0.3) is 0 Å². The van der Waals surface area contributed by atoms with Crippen LogP contribution in [-0.2, 0) is 0 Å². The maximum absolute atomic E-state index is 14.4. The molecule has 0 aromatic heterocycles. The van der Waals surface area contributed by atoms with Crippen LogP contribution in [0, 0.1) is 18.6 Å². The Labute approximate surface area is 126 Å². The summed E-state index contributed by atoms with van der Waals surface area (Å²) in [4.78, 5) is 2.29. The lowest BCUT2D eigenvalue weighted by Gasteiger charge is -2.35. The summed E-state index contributed by atoms with van der Waals surface area (Å²) in [5.74, 6) is -1.35. The summed E-state index contributed by atoms with van der Waals surface area (Å²) in [6, 6.07) is 3.46. The van der Waals surface area contributed by atoms with Gasteiger partial charge in [0.1, 0.15) is 0 Å². The topological polar surface area (TPSA) is 15.3 Å². The number of rotatable bonds is 6. The van der Waals surface area contributed by atoms with Crippen LogP contribution in [0.1, 0.15) is 49.8 Å². The summed E-state index contributed by atoms with van der Waals surface area (Å²) < 4.78 is 28.3. The number of nitrogens with one attached hydrogen (secondary N) is 1. The predicted molar refractivity (Wildman–Crippen MR) is 82.4 cm³/mol. The van der Waals surface area contributed by atoms with Crippen molar-refractivity contribution in [3.05, 3.63) is 34.9 Å². The second kappa shape index (κ2) is 7.85. The molecule has 1 aliphatic rings. The molecule has 1 atom stereocenters. The number of aryl methyl sites for hydroxylation is 1. The van der Waals surface area contributed by atoms with Crippen molar-refractivity contribution in [1.82, 2.24) is 10.2 Å². The molecule has 1 heterocycles. The van der Waals surface area contributed by atoms with Crippen molar-refractivity contribution in [1.29, 1.82) is 0 Å². The van der Waals surface area contributed by atoms with Crippen LogP contribution in [0.5, 0.6) is 0 Å². The van der Waals surface area contributed by atoms with Gasteiger partial charge in [-0.25, -0.2) is 8.78 Å². The second-order valence-corrected chi connectivity index (χ2v) is 5.90. The Bertz CT molecular complexity index is 456. The van der Waals surface area contributed by atoms with E-state index in [1.165, 1.54) is 0 Å². The number of hydrogen-bond acceptors (Lipinski definition) is 2. The molecule has 1 fully saturated rings. The van der Waals surface area contributed by atoms with Gasteiger partial charge in [-0.3, -0.25) is 4.90 Å². The van der Waals surface area contributed by atoms with Crippen LogP contribution in [0.3, 0.4) is 0 Å². The SMILES string of the molecule is CCCCC[C@H](c1ccc(C)c(F)c1F)N1CCNCC1. The largest absolute Gasteiger partial charge is 0.314 e. The highest BCUT2D eigenvalue weighted by molar-refractivity contribution is 5.28. The summed E-state index contributed by atoms with van der Waals surface area (Å²) in [6.45, 7) is 7.39. The van der Waals surface area contributed by atoms with Crippen LogP contribution in [-0.4, -0.2) is 31.1 Å². The van der Waals surface area contributed by atoms with Crippen molar-refractivity contribution >= 4 is 0 Å². The Morgan fingerprint density at radius 3 is 2.52 bits per heavy atom. The highest BCUT2D eigenvalue weighted by atomic mass is 19.2. The van der Waals surface area contributed by atoms with Crippen molar-refractivity contribution in [3.8, 4) is 0 Å². The van der Waals surface area contributed by atoms with Gasteiger partial charge in [0.15, 0.2) is 11.6 Å². The van der Waals surface area contributed by atoms with E-state index in [0.717, 1.165) is 51.9 Å². The normalized spacial score (nSPS) is 17.9. The minimum atomic E-state index is -0.692. The molecule has 2 nitrogen and oxygen atoms in total. The first-order valence-corrected chi connectivity index (χ1v) is 8.04. The van der Waals surface area contributed by atoms with E-state index < -0.39 is 11.6 Å². The van der Waals surface area contributed by atoms with Gasteiger partial charge in [-0.2, -0.15) is 0 Å². The fraction of sp³-hybridized carbons (Fsp3) is 0.647. The summed E-state index contributed by atoms with van der Waals surface area (Å²) in [7, 11) is 0. The Morgan fingerprint density at radius 2 is 1.86 bits per heavy atom. The highest BCUT2D eigenvalue weighted by Crippen LogP contribution is 2.30. The number of benzene rings is 1. The zero-order valence-electron chi connectivity index (χ0n) is 13.1. The van der Waals surface area contributed by atoms with Crippen LogP contribution in [0.4, 0.5) is 8.78 Å². The molecule has 0 aliphatic carbocycles. The highest BCUT2D eigenvalue weighted by Gasteiger charge is 2.26. The van der Waals surface area contributed by atoms with Crippen molar-refractivity contribution in [2.75, 3.05) is 26.2 Å². The van der Waals surface area contributed by atoms with Gasteiger partial charge >= 0.3 is 0 Å². The molecule has 0 spiro atoms. The van der Waals surface area contributed by atoms with Gasteiger partial charge in [0.05, 0.1) is 0 Å². The fourth-order valence-corrected chi connectivity index (χ4v) is 3.03. The van der Waals surface area contributed by atoms with Gasteiger partial charge in [0.2, 0.25) is 0 Å². The average Bonchev–Trinajstić information content (AvgIpc) is 2.51. The number of halogens is 2. The standard InChI is InChI=1S/C17H26F2N2/c1-3-4-5-6-15(21-11-9-20-10-12-21)14-8-7-13(2)16(18)17(14)19/h7-8,15,20H,3-6,9-12H2,1-2H3/t15-/m1/s1. The van der Waals surface area contributed by atoms with Gasteiger partial charge in [0, 0.05) is 37.8 Å². The number of piperazine rings is 1. The molecule has 118 valence electrons. The third-order valence-corrected chi connectivity index (χ3v) is 4.34. The Balaban J connectivity index is 2.23. The van der Waals surface area contributed by atoms with Crippen LogP contribution in [0.15, 0.2) is 12.1 Å². The lowest BCUT2D eigenvalue weighted by atomic mass is 9.96. The molecule has 1 N–H and O–H groups in total. The third-order valence-electron chi connectivity index (χ3n) is 4.34. The van der Waals surface area contributed by atoms with E-state index >= 15 is 0 Å². The quantitative estimate of drug-likeness (QED) is 0.803. The van der Waals surface area contributed by atoms with Crippen LogP contribution < -0.4 is 5.32 Å². The molecule has 0 bridgehead atoms. The average molecular weight is 296 g/mol. The van der Waals surface area contributed by atoms with Gasteiger partial charge in [-0.1, -0.05) is 38.3 Å². The summed E-state index contributed by atoms with van der Waals surface area (Å²) in [6.07, 6.45) is 4.23. The van der Waals surface area contributed by atoms with E-state index in [1.54, 1.807) is 19.1 Å². The van der Waals surface area contributed by atoms with Crippen molar-refractivity contribution in [3.63, 3.8) is 0 Å². The Morgan fingerprint density at radius 1 is 1.14 bits per heavy atom. The van der Waals surface area contributed by atoms with Crippen molar-refractivity contribution in [2.24, 2.45) is 0 Å². The lowest BCUT2D eigenvalue weighted by molar-refractivity contribution is 0.159. The third kappa shape index (κ3) is 4.01. The molecular weight excluding hydrogens is 270 g/mol. The molecule has 1 saturated heterocycles. The smallest absolute Gasteiger partial charge is 0.163 e. The van der Waals surface area contributed by atoms with E-state index in [2.05, 4.69) is 17.1 Å². The van der Waals surface area contributed by atoms with Gasteiger partial charge in [-0.05, 0) is 18.9 Å². The summed E-state index contributed by atoms with van der Waals surface area (Å²) in [5, 5.41) is 3.31. The molecule has 0 unspecified atom stereocenters. The van der Waals surface area contributed by atoms with E-state index in [1.807, 2.05) is 0 Å². The molecule has 0 saturated carbocycles. The molecule has 0 amide bonds. The van der Waals surface area contributed by atoms with Gasteiger partial charge < -0.3 is 5.32 Å². The molecule has 2 rings (SSSR count). The zero-order valence-corrected chi connectivity index (χ0v) is 13.1. The number of hydrogen-bond donors (Lipinski definition) is 1. The maximum Gasteiger partial charge on any atom is 0.163 e. The first-order chi connectivity index (χ1) is 10.1. The van der Waals surface area contributed by atoms with E-state index in [0.29, 0.717) is 11.1 Å². The Hall–Kier alpha value is -1.00. The van der Waals surface area contributed by atoms with Gasteiger partial charge in [0.25, 0.3) is 0 Å². The number of unbranched alkanes of at least 4 members (excludes halogenated alkanes) is 2. The molecule has 0 radical (unpaired) electrons. The maximum atomic E-state index is 14.4.